The summed E-state index contributed by atoms with van der Waals surface area (Å²) in [4.78, 5) is 42.5. The van der Waals surface area contributed by atoms with Gasteiger partial charge in [-0.05, 0) is 91.2 Å². The van der Waals surface area contributed by atoms with E-state index in [0.29, 0.717) is 38.9 Å². The fourth-order valence-corrected chi connectivity index (χ4v) is 8.31. The van der Waals surface area contributed by atoms with Crippen molar-refractivity contribution in [1.82, 2.24) is 20.9 Å². The predicted molar refractivity (Wildman–Crippen MR) is 198 cm³/mol. The number of ketones is 1. The van der Waals surface area contributed by atoms with Crippen molar-refractivity contribution in [1.29, 1.82) is 0 Å². The maximum atomic E-state index is 14.3. The summed E-state index contributed by atoms with van der Waals surface area (Å²) in [6.45, 7) is 14.4. The first kappa shape index (κ1) is 42.9. The number of hydrogen-bond acceptors (Lipinski definition) is 13. The molecule has 3 heterocycles. The van der Waals surface area contributed by atoms with E-state index in [1.807, 2.05) is 64.0 Å². The van der Waals surface area contributed by atoms with Crippen LogP contribution in [0.4, 0.5) is 4.79 Å². The van der Waals surface area contributed by atoms with Crippen molar-refractivity contribution in [2.45, 2.75) is 134 Å². The molecule has 0 radical (unpaired) electrons. The van der Waals surface area contributed by atoms with E-state index in [0.717, 1.165) is 11.3 Å². The molecule has 0 aliphatic carbocycles. The molecular weight excluding hydrogens is 684 g/mol. The van der Waals surface area contributed by atoms with Gasteiger partial charge in [0, 0.05) is 38.2 Å². The van der Waals surface area contributed by atoms with Gasteiger partial charge >= 0.3 is 12.1 Å². The molecule has 13 atom stereocenters. The Labute approximate surface area is 315 Å². The molecule has 53 heavy (non-hydrogen) atoms. The number of aliphatic hydroxyl groups is 1. The Morgan fingerprint density at radius 2 is 1.81 bits per heavy atom. The summed E-state index contributed by atoms with van der Waals surface area (Å²) < 4.78 is 36.6. The summed E-state index contributed by atoms with van der Waals surface area (Å²) in [5, 5.41) is 21.6. The van der Waals surface area contributed by atoms with Crippen LogP contribution in [0.3, 0.4) is 0 Å². The zero-order chi connectivity index (χ0) is 39.2. The van der Waals surface area contributed by atoms with E-state index in [-0.39, 0.29) is 24.1 Å². The average molecular weight is 749 g/mol. The Morgan fingerprint density at radius 3 is 2.45 bits per heavy atom. The van der Waals surface area contributed by atoms with Crippen LogP contribution in [-0.2, 0) is 39.8 Å². The SMILES string of the molecule is CC[C@@H]1OC(=O)C(C)C(=O)[C@H](C)[C@@H](O[C@@H]2O[C@H](CNCc3cccc(OC)c3)CC(N(C)C)C2O)[C@](C)(OC)C[C@@H](C)CN[C@H](C)[C@H]2NC(=O)O[C@]12C. The van der Waals surface area contributed by atoms with E-state index in [9.17, 15) is 19.5 Å². The van der Waals surface area contributed by atoms with Gasteiger partial charge in [0.25, 0.3) is 0 Å². The molecular formula is C39H64N4O10. The van der Waals surface area contributed by atoms with Gasteiger partial charge in [0.05, 0.1) is 31.0 Å². The quantitative estimate of drug-likeness (QED) is 0.204. The van der Waals surface area contributed by atoms with E-state index in [1.165, 1.54) is 6.92 Å². The number of benzene rings is 1. The molecule has 1 aromatic carbocycles. The maximum Gasteiger partial charge on any atom is 0.408 e. The number of rotatable bonds is 10. The Morgan fingerprint density at radius 1 is 1.09 bits per heavy atom. The van der Waals surface area contributed by atoms with Crippen LogP contribution >= 0.6 is 0 Å². The maximum absolute atomic E-state index is 14.3. The normalized spacial score (nSPS) is 39.0. The molecule has 3 aliphatic heterocycles. The van der Waals surface area contributed by atoms with Crippen molar-refractivity contribution in [2.75, 3.05) is 41.4 Å². The third-order valence-corrected chi connectivity index (χ3v) is 11.5. The number of amides is 1. The molecule has 0 spiro atoms. The van der Waals surface area contributed by atoms with E-state index in [4.69, 9.17) is 28.4 Å². The molecule has 0 saturated carbocycles. The second-order valence-electron chi connectivity index (χ2n) is 15.9. The smallest absolute Gasteiger partial charge is 0.408 e. The minimum Gasteiger partial charge on any atom is -0.497 e. The summed E-state index contributed by atoms with van der Waals surface area (Å²) in [6, 6.07) is 6.77. The van der Waals surface area contributed by atoms with Crippen molar-refractivity contribution < 1.29 is 47.9 Å². The van der Waals surface area contributed by atoms with Gasteiger partial charge in [-0.25, -0.2) is 4.79 Å². The van der Waals surface area contributed by atoms with Crippen LogP contribution in [0, 0.1) is 17.8 Å². The highest BCUT2D eigenvalue weighted by molar-refractivity contribution is 6.00. The van der Waals surface area contributed by atoms with Gasteiger partial charge in [0.1, 0.15) is 23.9 Å². The molecule has 0 aromatic heterocycles. The molecule has 1 amide bonds. The number of likely N-dealkylation sites (N-methyl/N-ethyl adjacent to an activating group) is 1. The highest BCUT2D eigenvalue weighted by Gasteiger charge is 2.55. The number of nitrogens with one attached hydrogen (secondary N) is 3. The zero-order valence-electron chi connectivity index (χ0n) is 33.5. The second-order valence-corrected chi connectivity index (χ2v) is 15.9. The average Bonchev–Trinajstić information content (AvgIpc) is 3.45. The van der Waals surface area contributed by atoms with E-state index in [2.05, 4.69) is 22.9 Å². The zero-order valence-corrected chi connectivity index (χ0v) is 33.5. The summed E-state index contributed by atoms with van der Waals surface area (Å²) in [6.07, 6.45) is -3.41. The van der Waals surface area contributed by atoms with Crippen molar-refractivity contribution in [3.63, 3.8) is 0 Å². The van der Waals surface area contributed by atoms with Crippen molar-refractivity contribution >= 4 is 17.8 Å². The molecule has 4 rings (SSSR count). The predicted octanol–water partition coefficient (Wildman–Crippen LogP) is 3.03. The van der Waals surface area contributed by atoms with Crippen LogP contribution in [0.15, 0.2) is 24.3 Å². The monoisotopic (exact) mass is 748 g/mol. The van der Waals surface area contributed by atoms with Gasteiger partial charge in [0.2, 0.25) is 0 Å². The van der Waals surface area contributed by atoms with E-state index < -0.39 is 71.5 Å². The van der Waals surface area contributed by atoms with Gasteiger partial charge in [-0.3, -0.25) is 9.59 Å². The summed E-state index contributed by atoms with van der Waals surface area (Å²) >= 11 is 0. The number of hydrogen-bond donors (Lipinski definition) is 4. The second kappa shape index (κ2) is 18.2. The van der Waals surface area contributed by atoms with Crippen LogP contribution < -0.4 is 20.7 Å². The number of carbonyl (C=O) groups excluding carboxylic acids is 3. The highest BCUT2D eigenvalue weighted by Crippen LogP contribution is 2.37. The molecule has 14 nitrogen and oxygen atoms in total. The first-order chi connectivity index (χ1) is 25.0. The molecule has 14 heteroatoms. The largest absolute Gasteiger partial charge is 0.497 e. The van der Waals surface area contributed by atoms with Gasteiger partial charge in [-0.2, -0.15) is 0 Å². The number of carbonyl (C=O) groups is 3. The lowest BCUT2D eigenvalue weighted by Crippen LogP contribution is -2.60. The summed E-state index contributed by atoms with van der Waals surface area (Å²) in [5.41, 5.74) is -1.17. The van der Waals surface area contributed by atoms with Crippen LogP contribution in [0.2, 0.25) is 0 Å². The Hall–Kier alpha value is -2.85. The number of aliphatic hydroxyl groups excluding tert-OH is 1. The summed E-state index contributed by atoms with van der Waals surface area (Å²) in [7, 11) is 7.03. The van der Waals surface area contributed by atoms with Crippen LogP contribution in [0.5, 0.6) is 5.75 Å². The van der Waals surface area contributed by atoms with E-state index >= 15 is 0 Å². The number of nitrogens with zero attached hydrogens (tertiary/aromatic N) is 1. The number of Topliss-reactive ketones (excluding diaryl/α,β-unsaturated/α-hetero) is 1. The van der Waals surface area contributed by atoms with Crippen molar-refractivity contribution in [3.05, 3.63) is 29.8 Å². The molecule has 1 aromatic rings. The number of ether oxygens (including phenoxy) is 6. The molecule has 3 saturated heterocycles. The fraction of sp³-hybridized carbons (Fsp3) is 0.769. The minimum atomic E-state index is -1.17. The van der Waals surface area contributed by atoms with Gasteiger partial charge in [0.15, 0.2) is 17.7 Å². The van der Waals surface area contributed by atoms with Crippen LogP contribution in [0.1, 0.15) is 73.3 Å². The Bertz CT molecular complexity index is 1400. The first-order valence-electron chi connectivity index (χ1n) is 19.0. The highest BCUT2D eigenvalue weighted by atomic mass is 16.7. The topological polar surface area (TPSA) is 166 Å². The van der Waals surface area contributed by atoms with Gasteiger partial charge in [-0.1, -0.05) is 32.9 Å². The lowest BCUT2D eigenvalue weighted by molar-refractivity contribution is -0.297. The molecule has 4 N–H and O–H groups in total. The summed E-state index contributed by atoms with van der Waals surface area (Å²) in [5.74, 6) is -2.39. The molecule has 300 valence electrons. The standard InChI is InChI=1S/C39H64N4O10/c1-12-30-39(7)33(42-37(47)53-39)25(5)41-19-22(2)18-38(6,49-11)34(23(3)31(44)24(4)35(46)51-30)52-36-32(45)29(43(8)9)17-28(50-36)21-40-20-26-14-13-15-27(16-26)48-10/h13-16,22-25,28-30,32-34,36,40-41,45H,12,17-21H2,1-11H3,(H,42,47)/t22-,23+,24?,25-,28+,29?,30+,32?,33-,34-,36+,38-,39-/m1/s1. The number of fused-ring (bicyclic) bond motifs is 1. The fourth-order valence-electron chi connectivity index (χ4n) is 8.31. The van der Waals surface area contributed by atoms with Gasteiger partial charge in [-0.15, -0.1) is 0 Å². The van der Waals surface area contributed by atoms with Gasteiger partial charge < -0.3 is 54.4 Å². The van der Waals surface area contributed by atoms with Crippen molar-refractivity contribution in [3.8, 4) is 5.75 Å². The Balaban J connectivity index is 1.63. The first-order valence-corrected chi connectivity index (χ1v) is 19.0. The van der Waals surface area contributed by atoms with Crippen LogP contribution in [0.25, 0.3) is 0 Å². The number of methoxy groups -OCH3 is 2. The molecule has 0 bridgehead atoms. The van der Waals surface area contributed by atoms with Crippen LogP contribution in [-0.4, -0.2) is 129 Å². The third-order valence-electron chi connectivity index (χ3n) is 11.5. The number of esters is 1. The molecule has 3 unspecified atom stereocenters. The molecule has 3 aliphatic rings. The lowest BCUT2D eigenvalue weighted by Gasteiger charge is -2.47. The van der Waals surface area contributed by atoms with E-state index in [1.54, 1.807) is 28.1 Å². The van der Waals surface area contributed by atoms with Crippen molar-refractivity contribution in [2.24, 2.45) is 17.8 Å². The number of cyclic esters (lactones) is 1. The molecule has 3 fully saturated rings. The lowest BCUT2D eigenvalue weighted by atomic mass is 9.78. The Kier molecular flexibility index (Phi) is 14.7. The minimum absolute atomic E-state index is 0.00256. The number of alkyl carbamates (subject to hydrolysis) is 1. The third kappa shape index (κ3) is 9.88.